The summed E-state index contributed by atoms with van der Waals surface area (Å²) in [5.74, 6) is 0.0998. The first-order chi connectivity index (χ1) is 13.4. The normalized spacial score (nSPS) is 10.3. The second kappa shape index (κ2) is 9.36. The summed E-state index contributed by atoms with van der Waals surface area (Å²) in [6.07, 6.45) is 2.72. The van der Waals surface area contributed by atoms with E-state index < -0.39 is 29.5 Å². The van der Waals surface area contributed by atoms with Crippen molar-refractivity contribution in [3.05, 3.63) is 86.6 Å². The van der Waals surface area contributed by atoms with E-state index in [1.807, 2.05) is 0 Å². The van der Waals surface area contributed by atoms with Gasteiger partial charge in [-0.1, -0.05) is 24.3 Å². The molecule has 0 bridgehead atoms. The van der Waals surface area contributed by atoms with Crippen molar-refractivity contribution in [1.82, 2.24) is 19.0 Å². The summed E-state index contributed by atoms with van der Waals surface area (Å²) in [5, 5.41) is 2.64. The van der Waals surface area contributed by atoms with E-state index in [9.17, 15) is 19.2 Å². The minimum atomic E-state index is -0.869. The molecule has 0 unspecified atom stereocenters. The van der Waals surface area contributed by atoms with Crippen molar-refractivity contribution in [3.63, 3.8) is 0 Å². The Bertz CT molecular complexity index is 1010. The zero-order valence-corrected chi connectivity index (χ0v) is 15.6. The van der Waals surface area contributed by atoms with Gasteiger partial charge in [0.2, 0.25) is 5.91 Å². The molecule has 2 rings (SSSR count). The summed E-state index contributed by atoms with van der Waals surface area (Å²) in [7, 11) is 1.54. The first-order valence-electron chi connectivity index (χ1n) is 8.48. The molecule has 0 saturated heterocycles. The zero-order valence-electron chi connectivity index (χ0n) is 15.6. The summed E-state index contributed by atoms with van der Waals surface area (Å²) in [6.45, 7) is 6.51. The lowest BCUT2D eigenvalue weighted by Gasteiger charge is -2.12. The van der Waals surface area contributed by atoms with Crippen LogP contribution in [0.5, 0.6) is 5.75 Å². The maximum atomic E-state index is 12.5. The summed E-state index contributed by atoms with van der Waals surface area (Å²) < 4.78 is 7.52. The average Bonchev–Trinajstić information content (AvgIpc) is 2.70. The molecule has 0 aliphatic rings. The minimum Gasteiger partial charge on any atom is -0.497 e. The Balaban J connectivity index is 2.28. The predicted molar refractivity (Wildman–Crippen MR) is 104 cm³/mol. The molecule has 2 aromatic rings. The zero-order chi connectivity index (χ0) is 20.7. The van der Waals surface area contributed by atoms with Crippen LogP contribution in [0.25, 0.3) is 0 Å². The third kappa shape index (κ3) is 4.56. The highest BCUT2D eigenvalue weighted by atomic mass is 16.5. The summed E-state index contributed by atoms with van der Waals surface area (Å²) in [4.78, 5) is 49.6. The number of nitrogens with zero attached hydrogens (tertiary/aromatic N) is 3. The Labute approximate surface area is 160 Å². The molecule has 1 aromatic heterocycles. The fraction of sp³-hybridized carbons (Fsp3) is 0.263. The van der Waals surface area contributed by atoms with Crippen molar-refractivity contribution < 1.29 is 9.53 Å². The lowest BCUT2D eigenvalue weighted by Crippen LogP contribution is -2.55. The Kier molecular flexibility index (Phi) is 6.91. The number of nitrogens with one attached hydrogen (secondary N) is 1. The lowest BCUT2D eigenvalue weighted by atomic mass is 10.2. The van der Waals surface area contributed by atoms with Gasteiger partial charge < -0.3 is 10.1 Å². The number of amides is 1. The number of ether oxygens (including phenoxy) is 1. The standard InChI is InChI=1S/C19H22N4O5/c1-4-9-21-17(25)22(10-5-2)19(27)23(18(21)26)13-16(24)20-12-14-7-6-8-15(11-14)28-3/h4-8,11H,1-2,9-10,12-13H2,3H3,(H,20,24). The fourth-order valence-corrected chi connectivity index (χ4v) is 2.57. The minimum absolute atomic E-state index is 0.0828. The molecule has 148 valence electrons. The number of hydrogen-bond acceptors (Lipinski definition) is 5. The molecule has 1 heterocycles. The molecule has 0 saturated carbocycles. The van der Waals surface area contributed by atoms with Gasteiger partial charge >= 0.3 is 17.1 Å². The molecular weight excluding hydrogens is 364 g/mol. The van der Waals surface area contributed by atoms with E-state index in [2.05, 4.69) is 18.5 Å². The van der Waals surface area contributed by atoms with Crippen LogP contribution in [0, 0.1) is 0 Å². The molecular formula is C19H22N4O5. The van der Waals surface area contributed by atoms with Crippen LogP contribution in [-0.4, -0.2) is 26.7 Å². The van der Waals surface area contributed by atoms with E-state index in [1.54, 1.807) is 24.3 Å². The van der Waals surface area contributed by atoms with Gasteiger partial charge in [-0.25, -0.2) is 28.1 Å². The predicted octanol–water partition coefficient (Wildman–Crippen LogP) is -0.131. The first kappa shape index (κ1) is 20.7. The Hall–Kier alpha value is -3.62. The molecule has 0 radical (unpaired) electrons. The van der Waals surface area contributed by atoms with Gasteiger partial charge in [0.1, 0.15) is 12.3 Å². The van der Waals surface area contributed by atoms with Crippen molar-refractivity contribution in [3.8, 4) is 5.75 Å². The van der Waals surface area contributed by atoms with Crippen LogP contribution in [-0.2, 0) is 31.0 Å². The summed E-state index contributed by atoms with van der Waals surface area (Å²) >= 11 is 0. The number of carbonyl (C=O) groups is 1. The van der Waals surface area contributed by atoms with Crippen LogP contribution < -0.4 is 27.1 Å². The van der Waals surface area contributed by atoms with Crippen molar-refractivity contribution in [2.24, 2.45) is 0 Å². The van der Waals surface area contributed by atoms with E-state index in [4.69, 9.17) is 4.74 Å². The third-order valence-corrected chi connectivity index (χ3v) is 3.93. The van der Waals surface area contributed by atoms with Gasteiger partial charge in [-0.15, -0.1) is 13.2 Å². The van der Waals surface area contributed by atoms with Crippen LogP contribution in [0.4, 0.5) is 0 Å². The highest BCUT2D eigenvalue weighted by molar-refractivity contribution is 5.75. The van der Waals surface area contributed by atoms with Crippen molar-refractivity contribution >= 4 is 5.91 Å². The molecule has 9 heteroatoms. The highest BCUT2D eigenvalue weighted by Crippen LogP contribution is 2.11. The van der Waals surface area contributed by atoms with Crippen LogP contribution in [0.3, 0.4) is 0 Å². The topological polar surface area (TPSA) is 104 Å². The number of allylic oxidation sites excluding steroid dienone is 2. The van der Waals surface area contributed by atoms with Crippen LogP contribution in [0.2, 0.25) is 0 Å². The second-order valence-corrected chi connectivity index (χ2v) is 5.86. The fourth-order valence-electron chi connectivity index (χ4n) is 2.57. The summed E-state index contributed by atoms with van der Waals surface area (Å²) in [5.41, 5.74) is -1.72. The molecule has 1 amide bonds. The maximum absolute atomic E-state index is 12.5. The number of carbonyl (C=O) groups excluding carboxylic acids is 1. The van der Waals surface area contributed by atoms with Crippen molar-refractivity contribution in [2.45, 2.75) is 26.2 Å². The molecule has 0 spiro atoms. The van der Waals surface area contributed by atoms with Gasteiger partial charge in [-0.3, -0.25) is 4.79 Å². The number of aromatic nitrogens is 3. The van der Waals surface area contributed by atoms with Crippen LogP contribution in [0.1, 0.15) is 5.56 Å². The average molecular weight is 386 g/mol. The monoisotopic (exact) mass is 386 g/mol. The molecule has 0 aliphatic heterocycles. The maximum Gasteiger partial charge on any atom is 0.337 e. The van der Waals surface area contributed by atoms with Gasteiger partial charge in [0.15, 0.2) is 0 Å². The summed E-state index contributed by atoms with van der Waals surface area (Å²) in [6, 6.07) is 7.11. The molecule has 1 N–H and O–H groups in total. The number of benzene rings is 1. The lowest BCUT2D eigenvalue weighted by molar-refractivity contribution is -0.122. The molecule has 1 aromatic carbocycles. The highest BCUT2D eigenvalue weighted by Gasteiger charge is 2.16. The quantitative estimate of drug-likeness (QED) is 0.605. The molecule has 9 nitrogen and oxygen atoms in total. The van der Waals surface area contributed by atoms with Gasteiger partial charge in [0, 0.05) is 6.54 Å². The van der Waals surface area contributed by atoms with E-state index in [-0.39, 0.29) is 19.6 Å². The van der Waals surface area contributed by atoms with Gasteiger partial charge in [0.25, 0.3) is 0 Å². The van der Waals surface area contributed by atoms with E-state index in [0.717, 1.165) is 19.3 Å². The number of rotatable bonds is 9. The third-order valence-electron chi connectivity index (χ3n) is 3.93. The van der Waals surface area contributed by atoms with Crippen LogP contribution in [0.15, 0.2) is 64.0 Å². The van der Waals surface area contributed by atoms with E-state index >= 15 is 0 Å². The first-order valence-corrected chi connectivity index (χ1v) is 8.48. The Morgan fingerprint density at radius 2 is 1.61 bits per heavy atom. The van der Waals surface area contributed by atoms with Crippen molar-refractivity contribution in [2.75, 3.05) is 7.11 Å². The van der Waals surface area contributed by atoms with Gasteiger partial charge in [0.05, 0.1) is 20.2 Å². The number of hydrogen-bond donors (Lipinski definition) is 1. The largest absolute Gasteiger partial charge is 0.497 e. The Morgan fingerprint density at radius 1 is 1.04 bits per heavy atom. The van der Waals surface area contributed by atoms with Gasteiger partial charge in [-0.2, -0.15) is 0 Å². The molecule has 28 heavy (non-hydrogen) atoms. The molecule has 0 fully saturated rings. The van der Waals surface area contributed by atoms with Gasteiger partial charge in [-0.05, 0) is 17.7 Å². The van der Waals surface area contributed by atoms with Crippen LogP contribution >= 0.6 is 0 Å². The van der Waals surface area contributed by atoms with E-state index in [0.29, 0.717) is 5.75 Å². The molecule has 0 aliphatic carbocycles. The SMILES string of the molecule is C=CCn1c(=O)n(CC=C)c(=O)n(CC(=O)NCc2cccc(OC)c2)c1=O. The number of methoxy groups -OCH3 is 1. The second-order valence-electron chi connectivity index (χ2n) is 5.86. The van der Waals surface area contributed by atoms with Crippen molar-refractivity contribution in [1.29, 1.82) is 0 Å². The molecule has 0 atom stereocenters. The smallest absolute Gasteiger partial charge is 0.337 e. The van der Waals surface area contributed by atoms with E-state index in [1.165, 1.54) is 19.3 Å². The Morgan fingerprint density at radius 3 is 2.14 bits per heavy atom.